The third kappa shape index (κ3) is 4.04. The van der Waals surface area contributed by atoms with Crippen LogP contribution in [0.4, 0.5) is 0 Å². The average molecular weight is 325 g/mol. The predicted molar refractivity (Wildman–Crippen MR) is 100.0 cm³/mol. The lowest BCUT2D eigenvalue weighted by Gasteiger charge is -2.30. The monoisotopic (exact) mass is 325 g/mol. The Morgan fingerprint density at radius 1 is 1.50 bits per heavy atom. The van der Waals surface area contributed by atoms with Crippen molar-refractivity contribution in [1.82, 2.24) is 9.78 Å². The van der Waals surface area contributed by atoms with Gasteiger partial charge in [0.05, 0.1) is 19.3 Å². The van der Waals surface area contributed by atoms with Crippen LogP contribution in [0.1, 0.15) is 38.7 Å². The molecule has 2 rings (SSSR count). The number of allylic oxidation sites excluding steroid dienone is 4. The molecule has 1 aromatic rings. The van der Waals surface area contributed by atoms with E-state index in [0.29, 0.717) is 12.5 Å². The summed E-state index contributed by atoms with van der Waals surface area (Å²) in [7, 11) is 3.57. The Morgan fingerprint density at radius 3 is 2.75 bits per heavy atom. The Labute approximate surface area is 145 Å². The van der Waals surface area contributed by atoms with Crippen molar-refractivity contribution in [3.63, 3.8) is 0 Å². The summed E-state index contributed by atoms with van der Waals surface area (Å²) >= 11 is 0. The molecule has 4 nitrogen and oxygen atoms in total. The zero-order valence-corrected chi connectivity index (χ0v) is 15.2. The van der Waals surface area contributed by atoms with E-state index in [9.17, 15) is 0 Å². The molecule has 0 radical (unpaired) electrons. The van der Waals surface area contributed by atoms with E-state index in [-0.39, 0.29) is 0 Å². The van der Waals surface area contributed by atoms with E-state index in [2.05, 4.69) is 29.9 Å². The van der Waals surface area contributed by atoms with Gasteiger partial charge in [0.15, 0.2) is 0 Å². The number of ether oxygens (including phenoxy) is 1. The van der Waals surface area contributed by atoms with E-state index in [1.807, 2.05) is 30.2 Å². The van der Waals surface area contributed by atoms with Gasteiger partial charge in [0.25, 0.3) is 0 Å². The van der Waals surface area contributed by atoms with Gasteiger partial charge in [0.1, 0.15) is 0 Å². The fraction of sp³-hybridized carbons (Fsp3) is 0.500. The SMILES string of the molecule is C#C/C=C(\C(C(=NC)C1CCC1)=C(C)C)c1cnn(CCOC)c1. The minimum Gasteiger partial charge on any atom is -0.383 e. The van der Waals surface area contributed by atoms with Gasteiger partial charge < -0.3 is 4.74 Å². The third-order valence-corrected chi connectivity index (χ3v) is 4.45. The second kappa shape index (κ2) is 8.65. The Morgan fingerprint density at radius 2 is 2.25 bits per heavy atom. The molecule has 0 amide bonds. The topological polar surface area (TPSA) is 39.4 Å². The molecule has 1 heterocycles. The van der Waals surface area contributed by atoms with Crippen molar-refractivity contribution >= 4 is 11.3 Å². The van der Waals surface area contributed by atoms with E-state index in [0.717, 1.165) is 17.7 Å². The van der Waals surface area contributed by atoms with Crippen molar-refractivity contribution in [2.45, 2.75) is 39.7 Å². The van der Waals surface area contributed by atoms with Crippen molar-refractivity contribution in [3.05, 3.63) is 35.2 Å². The molecule has 0 aromatic carbocycles. The largest absolute Gasteiger partial charge is 0.383 e. The smallest absolute Gasteiger partial charge is 0.0658 e. The first-order valence-corrected chi connectivity index (χ1v) is 8.45. The lowest BCUT2D eigenvalue weighted by molar-refractivity contribution is 0.183. The van der Waals surface area contributed by atoms with Gasteiger partial charge in [0, 0.05) is 48.7 Å². The number of terminal acetylenes is 1. The molecule has 1 aliphatic carbocycles. The Bertz CT molecular complexity index is 693. The summed E-state index contributed by atoms with van der Waals surface area (Å²) in [4.78, 5) is 4.62. The molecule has 0 unspecified atom stereocenters. The van der Waals surface area contributed by atoms with Crippen molar-refractivity contribution in [3.8, 4) is 12.3 Å². The molecule has 0 spiro atoms. The Hall–Kier alpha value is -2.12. The van der Waals surface area contributed by atoms with Crippen molar-refractivity contribution in [1.29, 1.82) is 0 Å². The number of aliphatic imine (C=N–C) groups is 1. The molecule has 1 aromatic heterocycles. The van der Waals surface area contributed by atoms with Gasteiger partial charge in [0.2, 0.25) is 0 Å². The fourth-order valence-electron chi connectivity index (χ4n) is 3.04. The maximum Gasteiger partial charge on any atom is 0.0658 e. The molecule has 0 saturated heterocycles. The first-order valence-electron chi connectivity index (χ1n) is 8.45. The first kappa shape index (κ1) is 18.2. The number of nitrogens with zero attached hydrogens (tertiary/aromatic N) is 3. The molecule has 0 atom stereocenters. The second-order valence-electron chi connectivity index (χ2n) is 6.32. The van der Waals surface area contributed by atoms with Gasteiger partial charge in [-0.05, 0) is 32.8 Å². The highest BCUT2D eigenvalue weighted by Gasteiger charge is 2.28. The zero-order chi connectivity index (χ0) is 17.5. The summed E-state index contributed by atoms with van der Waals surface area (Å²) in [5.74, 6) is 3.24. The molecule has 0 N–H and O–H groups in total. The molecule has 0 bridgehead atoms. The van der Waals surface area contributed by atoms with Crippen LogP contribution in [-0.4, -0.2) is 36.3 Å². The van der Waals surface area contributed by atoms with Crippen LogP contribution in [0.25, 0.3) is 5.57 Å². The summed E-state index contributed by atoms with van der Waals surface area (Å²) in [6.45, 7) is 5.60. The minimum absolute atomic E-state index is 0.546. The van der Waals surface area contributed by atoms with Crippen molar-refractivity contribution in [2.75, 3.05) is 20.8 Å². The molecule has 1 saturated carbocycles. The zero-order valence-electron chi connectivity index (χ0n) is 15.2. The number of hydrogen-bond donors (Lipinski definition) is 0. The van der Waals surface area contributed by atoms with Crippen LogP contribution in [0.3, 0.4) is 0 Å². The quantitative estimate of drug-likeness (QED) is 0.435. The van der Waals surface area contributed by atoms with E-state index in [1.54, 1.807) is 7.11 Å². The summed E-state index contributed by atoms with van der Waals surface area (Å²) in [6.07, 6.45) is 15.1. The van der Waals surface area contributed by atoms with Crippen molar-refractivity contribution < 1.29 is 4.74 Å². The number of hydrogen-bond acceptors (Lipinski definition) is 3. The summed E-state index contributed by atoms with van der Waals surface area (Å²) < 4.78 is 7.01. The van der Waals surface area contributed by atoms with Crippen molar-refractivity contribution in [2.24, 2.45) is 10.9 Å². The van der Waals surface area contributed by atoms with E-state index < -0.39 is 0 Å². The molecular formula is C20H27N3O. The van der Waals surface area contributed by atoms with E-state index in [1.165, 1.54) is 36.1 Å². The highest BCUT2D eigenvalue weighted by Crippen LogP contribution is 2.36. The summed E-state index contributed by atoms with van der Waals surface area (Å²) in [6, 6.07) is 0. The van der Waals surface area contributed by atoms with Crippen LogP contribution in [-0.2, 0) is 11.3 Å². The molecule has 1 fully saturated rings. The third-order valence-electron chi connectivity index (χ3n) is 4.45. The second-order valence-corrected chi connectivity index (χ2v) is 6.32. The van der Waals surface area contributed by atoms with Gasteiger partial charge in [-0.2, -0.15) is 5.10 Å². The summed E-state index contributed by atoms with van der Waals surface area (Å²) in [5.41, 5.74) is 5.64. The number of methoxy groups -OCH3 is 1. The van der Waals surface area contributed by atoms with Gasteiger partial charge in [-0.1, -0.05) is 17.9 Å². The average Bonchev–Trinajstić information content (AvgIpc) is 2.97. The van der Waals surface area contributed by atoms with Crippen LogP contribution >= 0.6 is 0 Å². The molecular weight excluding hydrogens is 298 g/mol. The van der Waals surface area contributed by atoms with Crippen LogP contribution in [0.5, 0.6) is 0 Å². The normalized spacial score (nSPS) is 15.8. The molecule has 0 aliphatic heterocycles. The molecule has 4 heteroatoms. The maximum atomic E-state index is 5.62. The fourth-order valence-corrected chi connectivity index (χ4v) is 3.04. The van der Waals surface area contributed by atoms with Crippen LogP contribution in [0.15, 0.2) is 34.6 Å². The van der Waals surface area contributed by atoms with Gasteiger partial charge >= 0.3 is 0 Å². The molecule has 1 aliphatic rings. The van der Waals surface area contributed by atoms with Gasteiger partial charge in [-0.3, -0.25) is 9.67 Å². The molecule has 128 valence electrons. The maximum absolute atomic E-state index is 5.62. The van der Waals surface area contributed by atoms with Gasteiger partial charge in [-0.15, -0.1) is 6.42 Å². The summed E-state index contributed by atoms with van der Waals surface area (Å²) in [5, 5.41) is 4.43. The highest BCUT2D eigenvalue weighted by molar-refractivity contribution is 6.15. The van der Waals surface area contributed by atoms with E-state index >= 15 is 0 Å². The van der Waals surface area contributed by atoms with Crippen LogP contribution < -0.4 is 0 Å². The highest BCUT2D eigenvalue weighted by atomic mass is 16.5. The molecule has 24 heavy (non-hydrogen) atoms. The minimum atomic E-state index is 0.546. The van der Waals surface area contributed by atoms with Crippen LogP contribution in [0, 0.1) is 18.3 Å². The van der Waals surface area contributed by atoms with Gasteiger partial charge in [-0.25, -0.2) is 0 Å². The Balaban J connectivity index is 2.41. The number of aromatic nitrogens is 2. The first-order chi connectivity index (χ1) is 11.6. The van der Waals surface area contributed by atoms with E-state index in [4.69, 9.17) is 11.2 Å². The predicted octanol–water partition coefficient (Wildman–Crippen LogP) is 3.75. The number of rotatable bonds is 7. The Kier molecular flexibility index (Phi) is 6.57. The standard InChI is InChI=1S/C20H27N3O/c1-6-8-18(17-13-22-23(14-17)11-12-24-5)19(15(2)3)20(21-4)16-9-7-10-16/h1,8,13-14,16H,7,9-12H2,2-5H3/b18-8-,21-20?. The lowest BCUT2D eigenvalue weighted by Crippen LogP contribution is -2.25. The lowest BCUT2D eigenvalue weighted by atomic mass is 9.76. The van der Waals surface area contributed by atoms with Crippen LogP contribution in [0.2, 0.25) is 0 Å².